The average Bonchev–Trinajstić information content (AvgIpc) is 2.50. The molecule has 1 aliphatic heterocycles. The number of aliphatic hydroxyl groups excluding tert-OH is 2. The summed E-state index contributed by atoms with van der Waals surface area (Å²) in [5.41, 5.74) is 2.55. The molecule has 9 heteroatoms. The molecule has 24 heavy (non-hydrogen) atoms. The number of carbonyl (C=O) groups is 2. The molecule has 1 rings (SSSR count). The molecule has 1 amide bonds. The highest BCUT2D eigenvalue weighted by Gasteiger charge is 2.43. The maximum absolute atomic E-state index is 11.3. The molecule has 4 N–H and O–H groups in total. The second-order valence-electron chi connectivity index (χ2n) is 5.84. The van der Waals surface area contributed by atoms with E-state index in [0.717, 1.165) is 19.3 Å². The minimum Gasteiger partial charge on any atom is -0.388 e. The predicted octanol–water partition coefficient (Wildman–Crippen LogP) is -0.788. The molecule has 1 fully saturated rings. The lowest BCUT2D eigenvalue weighted by atomic mass is 9.97. The van der Waals surface area contributed by atoms with Crippen molar-refractivity contribution in [3.05, 3.63) is 0 Å². The Morgan fingerprint density at radius 2 is 1.92 bits per heavy atom. The summed E-state index contributed by atoms with van der Waals surface area (Å²) in [7, 11) is 0. The summed E-state index contributed by atoms with van der Waals surface area (Å²) in [4.78, 5) is 26.4. The zero-order valence-corrected chi connectivity index (χ0v) is 14.4. The molecule has 139 valence electrons. The fourth-order valence-electron chi connectivity index (χ4n) is 2.39. The maximum Gasteiger partial charge on any atom is 0.594 e. The van der Waals surface area contributed by atoms with Crippen LogP contribution in [0.2, 0.25) is 0 Å². The van der Waals surface area contributed by atoms with Crippen molar-refractivity contribution in [1.29, 1.82) is 0 Å². The summed E-state index contributed by atoms with van der Waals surface area (Å²) >= 11 is 0. The monoisotopic (exact) mass is 348 g/mol. The molecule has 1 aliphatic rings. The normalized spacial score (nSPS) is 30.0. The summed E-state index contributed by atoms with van der Waals surface area (Å²) in [6.07, 6.45) is -1.28. The maximum atomic E-state index is 11.3. The van der Waals surface area contributed by atoms with Crippen molar-refractivity contribution in [3.8, 4) is 0 Å². The van der Waals surface area contributed by atoms with Crippen LogP contribution in [0.5, 0.6) is 0 Å². The number of aliphatic hydroxyl groups is 2. The molecular weight excluding hydrogens is 320 g/mol. The Morgan fingerprint density at radius 1 is 1.21 bits per heavy atom. The van der Waals surface area contributed by atoms with E-state index in [1.807, 2.05) is 0 Å². The summed E-state index contributed by atoms with van der Waals surface area (Å²) < 4.78 is 11.2. The molecule has 0 bridgehead atoms. The van der Waals surface area contributed by atoms with Crippen LogP contribution in [0.15, 0.2) is 0 Å². The summed E-state index contributed by atoms with van der Waals surface area (Å²) in [5.74, 6) is -0.721. The fourth-order valence-corrected chi connectivity index (χ4v) is 2.39. The van der Waals surface area contributed by atoms with Crippen molar-refractivity contribution in [2.45, 2.75) is 70.7 Å². The third kappa shape index (κ3) is 7.10. The highest BCUT2D eigenvalue weighted by Crippen LogP contribution is 2.22. The lowest BCUT2D eigenvalue weighted by Crippen LogP contribution is -2.63. The van der Waals surface area contributed by atoms with Gasteiger partial charge >= 0.3 is 5.97 Å². The van der Waals surface area contributed by atoms with Crippen LogP contribution in [0.3, 0.4) is 0 Å². The van der Waals surface area contributed by atoms with E-state index in [9.17, 15) is 19.8 Å². The van der Waals surface area contributed by atoms with Crippen LogP contribution >= 0.6 is 0 Å². The van der Waals surface area contributed by atoms with Crippen molar-refractivity contribution in [1.82, 2.24) is 10.8 Å². The van der Waals surface area contributed by atoms with Gasteiger partial charge in [-0.3, -0.25) is 4.79 Å². The van der Waals surface area contributed by atoms with Gasteiger partial charge in [0.25, 0.3) is 0 Å². The second-order valence-corrected chi connectivity index (χ2v) is 5.84. The van der Waals surface area contributed by atoms with Crippen LogP contribution in [0.4, 0.5) is 0 Å². The summed E-state index contributed by atoms with van der Waals surface area (Å²) in [6, 6.07) is -0.820. The number of hydroxylamine groups is 1. The van der Waals surface area contributed by atoms with Gasteiger partial charge in [-0.2, -0.15) is 4.84 Å². The zero-order chi connectivity index (χ0) is 18.1. The van der Waals surface area contributed by atoms with Crippen LogP contribution < -0.4 is 10.8 Å². The molecular formula is C15H28N2O7+. The molecule has 1 radical (unpaired) electrons. The number of hydrogen-bond donors (Lipinski definition) is 4. The van der Waals surface area contributed by atoms with Crippen LogP contribution in [-0.2, 0) is 23.9 Å². The van der Waals surface area contributed by atoms with Gasteiger partial charge in [0.1, 0.15) is 25.2 Å². The van der Waals surface area contributed by atoms with E-state index in [1.54, 1.807) is 6.92 Å². The first-order chi connectivity index (χ1) is 11.3. The van der Waals surface area contributed by atoms with Gasteiger partial charge in [0.05, 0.1) is 17.4 Å². The molecule has 0 aromatic rings. The number of unbranched alkanes of at least 4 members (excludes halogenated alkanes) is 2. The number of ether oxygens (including phenoxy) is 2. The summed E-state index contributed by atoms with van der Waals surface area (Å²) in [5, 5.41) is 22.5. The van der Waals surface area contributed by atoms with Crippen LogP contribution in [0.1, 0.15) is 40.0 Å². The molecule has 0 aromatic heterocycles. The van der Waals surface area contributed by atoms with Crippen LogP contribution in [-0.4, -0.2) is 65.9 Å². The molecule has 0 saturated carbocycles. The molecule has 0 aliphatic carbocycles. The van der Waals surface area contributed by atoms with Crippen LogP contribution in [0, 0.1) is 0 Å². The number of carbonyl (C=O) groups excluding carboxylic acids is 2. The first-order valence-corrected chi connectivity index (χ1v) is 8.13. The zero-order valence-electron chi connectivity index (χ0n) is 14.4. The second kappa shape index (κ2) is 10.6. The topological polar surface area (TPSA) is 129 Å². The number of amides is 1. The number of hydrogen-bond acceptors (Lipinski definition) is 8. The molecule has 0 aromatic carbocycles. The fraction of sp³-hybridized carbons (Fsp3) is 0.867. The van der Waals surface area contributed by atoms with Gasteiger partial charge in [-0.1, -0.05) is 5.48 Å². The van der Waals surface area contributed by atoms with Crippen molar-refractivity contribution >= 4 is 11.9 Å². The van der Waals surface area contributed by atoms with Gasteiger partial charge in [0, 0.05) is 13.5 Å². The Labute approximate surface area is 141 Å². The van der Waals surface area contributed by atoms with Gasteiger partial charge < -0.3 is 25.0 Å². The smallest absolute Gasteiger partial charge is 0.388 e. The summed E-state index contributed by atoms with van der Waals surface area (Å²) in [6.45, 7) is 5.21. The molecule has 0 unspecified atom stereocenters. The van der Waals surface area contributed by atoms with Crippen molar-refractivity contribution in [3.63, 3.8) is 0 Å². The SMILES string of the molecule is CC(=O)N[C@H]1[C@H](OCCCCCNOC(C)=[O+])O[C@H](C)[C@H](O)[C@@H]1O. The third-order valence-corrected chi connectivity index (χ3v) is 3.63. The molecule has 1 heterocycles. The molecule has 0 spiro atoms. The average molecular weight is 348 g/mol. The van der Waals surface area contributed by atoms with E-state index in [-0.39, 0.29) is 11.9 Å². The van der Waals surface area contributed by atoms with Gasteiger partial charge in [-0.05, 0) is 26.2 Å². The largest absolute Gasteiger partial charge is 0.594 e. The van der Waals surface area contributed by atoms with E-state index in [4.69, 9.17) is 9.47 Å². The van der Waals surface area contributed by atoms with E-state index in [0.29, 0.717) is 13.2 Å². The van der Waals surface area contributed by atoms with Crippen molar-refractivity contribution in [2.75, 3.05) is 13.2 Å². The van der Waals surface area contributed by atoms with E-state index >= 15 is 0 Å². The van der Waals surface area contributed by atoms with Crippen molar-refractivity contribution < 1.29 is 34.1 Å². The van der Waals surface area contributed by atoms with Gasteiger partial charge in [-0.25, -0.2) is 0 Å². The highest BCUT2D eigenvalue weighted by atomic mass is 16.7. The quantitative estimate of drug-likeness (QED) is 0.242. The lowest BCUT2D eigenvalue weighted by Gasteiger charge is -2.41. The van der Waals surface area contributed by atoms with E-state index in [1.165, 1.54) is 13.8 Å². The predicted molar refractivity (Wildman–Crippen MR) is 83.5 cm³/mol. The Balaban J connectivity index is 2.30. The first-order valence-electron chi connectivity index (χ1n) is 8.13. The Bertz CT molecular complexity index is 407. The van der Waals surface area contributed by atoms with Gasteiger partial charge in [0.15, 0.2) is 6.29 Å². The van der Waals surface area contributed by atoms with Crippen LogP contribution in [0.25, 0.3) is 0 Å². The Kier molecular flexibility index (Phi) is 9.16. The van der Waals surface area contributed by atoms with E-state index in [2.05, 4.69) is 15.6 Å². The molecule has 1 saturated heterocycles. The Morgan fingerprint density at radius 3 is 2.54 bits per heavy atom. The minimum atomic E-state index is -1.16. The van der Waals surface area contributed by atoms with Crippen molar-refractivity contribution in [2.24, 2.45) is 0 Å². The Hall–Kier alpha value is -1.26. The number of nitrogens with one attached hydrogen (secondary N) is 2. The lowest BCUT2D eigenvalue weighted by molar-refractivity contribution is -0.260. The molecule has 9 nitrogen and oxygen atoms in total. The standard InChI is InChI=1S/C15H28N2O7/c1-9-13(20)14(21)12(17-10(2)18)15(23-9)22-8-6-4-5-7-16-24-11(3)19/h9,12-16,20-21H,4-8H2,1-3H3,(H,17,18)/q+1/t9-,12-,13+,14-,15-/m1/s1. The highest BCUT2D eigenvalue weighted by molar-refractivity contribution is 5.73. The van der Waals surface area contributed by atoms with E-state index < -0.39 is 30.6 Å². The molecule has 5 atom stereocenters. The third-order valence-electron chi connectivity index (χ3n) is 3.63. The van der Waals surface area contributed by atoms with Gasteiger partial charge in [0.2, 0.25) is 5.91 Å². The number of rotatable bonds is 9. The first kappa shape index (κ1) is 20.8. The minimum absolute atomic E-state index is 0.338. The van der Waals surface area contributed by atoms with Gasteiger partial charge in [-0.15, -0.1) is 0 Å².